The molecule has 18 heavy (non-hydrogen) atoms. The first-order chi connectivity index (χ1) is 8.70. The van der Waals surface area contributed by atoms with Gasteiger partial charge in [0.2, 0.25) is 11.9 Å². The molecule has 98 valence electrons. The van der Waals surface area contributed by atoms with E-state index in [-0.39, 0.29) is 12.5 Å². The molecule has 1 aromatic rings. The zero-order chi connectivity index (χ0) is 13.0. The third-order valence-corrected chi connectivity index (χ3v) is 3.20. The van der Waals surface area contributed by atoms with E-state index in [2.05, 4.69) is 30.8 Å². The molecule has 0 spiro atoms. The number of rotatable bonds is 3. The molecule has 7 heteroatoms. The van der Waals surface area contributed by atoms with Gasteiger partial charge in [-0.3, -0.25) is 4.79 Å². The highest BCUT2D eigenvalue weighted by atomic mass is 79.9. The molecule has 0 N–H and O–H groups in total. The number of nitrogens with zero attached hydrogens (tertiary/aromatic N) is 4. The van der Waals surface area contributed by atoms with E-state index >= 15 is 0 Å². The lowest BCUT2D eigenvalue weighted by Gasteiger charge is -2.34. The molecule has 2 rings (SSSR count). The van der Waals surface area contributed by atoms with Gasteiger partial charge in [-0.1, -0.05) is 0 Å². The number of halogens is 1. The number of ether oxygens (including phenoxy) is 1. The number of hydrogen-bond donors (Lipinski definition) is 0. The Hall–Kier alpha value is -1.21. The summed E-state index contributed by atoms with van der Waals surface area (Å²) in [7, 11) is 1.53. The summed E-state index contributed by atoms with van der Waals surface area (Å²) < 4.78 is 5.71. The normalized spacial score (nSPS) is 15.9. The largest absolute Gasteiger partial charge is 0.375 e. The third-order valence-electron chi connectivity index (χ3n) is 2.79. The number of amides is 1. The number of piperazine rings is 1. The van der Waals surface area contributed by atoms with Crippen LogP contribution in [0.25, 0.3) is 0 Å². The molecule has 0 radical (unpaired) electrons. The fourth-order valence-electron chi connectivity index (χ4n) is 1.84. The Balaban J connectivity index is 1.90. The van der Waals surface area contributed by atoms with Gasteiger partial charge in [-0.25, -0.2) is 9.97 Å². The highest BCUT2D eigenvalue weighted by molar-refractivity contribution is 9.10. The van der Waals surface area contributed by atoms with Crippen molar-refractivity contribution in [1.29, 1.82) is 0 Å². The monoisotopic (exact) mass is 314 g/mol. The minimum absolute atomic E-state index is 0.0360. The van der Waals surface area contributed by atoms with Crippen LogP contribution < -0.4 is 4.90 Å². The summed E-state index contributed by atoms with van der Waals surface area (Å²) in [5.41, 5.74) is 0. The standard InChI is InChI=1S/C11H15BrN4O2/c1-18-8-10(17)15-2-4-16(5-3-15)11-13-6-9(12)7-14-11/h6-7H,2-5,8H2,1H3. The molecule has 2 heterocycles. The van der Waals surface area contributed by atoms with E-state index in [1.165, 1.54) is 7.11 Å². The van der Waals surface area contributed by atoms with Gasteiger partial charge in [-0.05, 0) is 15.9 Å². The van der Waals surface area contributed by atoms with Crippen molar-refractivity contribution in [3.63, 3.8) is 0 Å². The molecule has 0 aromatic carbocycles. The molecule has 1 fully saturated rings. The molecule has 6 nitrogen and oxygen atoms in total. The summed E-state index contributed by atoms with van der Waals surface area (Å²) in [6, 6.07) is 0. The van der Waals surface area contributed by atoms with Crippen LogP contribution in [0.3, 0.4) is 0 Å². The SMILES string of the molecule is COCC(=O)N1CCN(c2ncc(Br)cn2)CC1. The first-order valence-corrected chi connectivity index (χ1v) is 6.49. The Kier molecular flexibility index (Phi) is 4.48. The number of hydrogen-bond acceptors (Lipinski definition) is 5. The predicted molar refractivity (Wildman–Crippen MR) is 70.4 cm³/mol. The molecule has 0 unspecified atom stereocenters. The number of carbonyl (C=O) groups excluding carboxylic acids is 1. The lowest BCUT2D eigenvalue weighted by Crippen LogP contribution is -2.50. The molecular formula is C11H15BrN4O2. The summed E-state index contributed by atoms with van der Waals surface area (Å²) in [6.45, 7) is 3.01. The van der Waals surface area contributed by atoms with E-state index in [0.717, 1.165) is 17.6 Å². The third kappa shape index (κ3) is 3.17. The van der Waals surface area contributed by atoms with Crippen molar-refractivity contribution in [1.82, 2.24) is 14.9 Å². The summed E-state index contributed by atoms with van der Waals surface area (Å²) in [5.74, 6) is 0.742. The van der Waals surface area contributed by atoms with E-state index in [1.54, 1.807) is 17.3 Å². The highest BCUT2D eigenvalue weighted by Crippen LogP contribution is 2.13. The van der Waals surface area contributed by atoms with Crippen molar-refractivity contribution >= 4 is 27.8 Å². The van der Waals surface area contributed by atoms with Crippen molar-refractivity contribution < 1.29 is 9.53 Å². The lowest BCUT2D eigenvalue weighted by molar-refractivity contribution is -0.135. The molecule has 1 amide bonds. The van der Waals surface area contributed by atoms with E-state index in [0.29, 0.717) is 19.0 Å². The molecule has 1 aliphatic rings. The van der Waals surface area contributed by atoms with Gasteiger partial charge in [0.25, 0.3) is 0 Å². The van der Waals surface area contributed by atoms with Crippen LogP contribution in [0.5, 0.6) is 0 Å². The van der Waals surface area contributed by atoms with Crippen LogP contribution in [0.4, 0.5) is 5.95 Å². The van der Waals surface area contributed by atoms with Gasteiger partial charge >= 0.3 is 0 Å². The summed E-state index contributed by atoms with van der Waals surface area (Å²) in [5, 5.41) is 0. The van der Waals surface area contributed by atoms with Crippen molar-refractivity contribution in [3.8, 4) is 0 Å². The zero-order valence-electron chi connectivity index (χ0n) is 10.2. The van der Waals surface area contributed by atoms with Crippen molar-refractivity contribution in [2.45, 2.75) is 0 Å². The van der Waals surface area contributed by atoms with E-state index in [4.69, 9.17) is 4.74 Å². The molecule has 1 aromatic heterocycles. The van der Waals surface area contributed by atoms with Gasteiger partial charge in [0, 0.05) is 45.7 Å². The second-order valence-electron chi connectivity index (χ2n) is 4.00. The Labute approximate surface area is 114 Å². The fourth-order valence-corrected chi connectivity index (χ4v) is 2.04. The summed E-state index contributed by atoms with van der Waals surface area (Å²) in [6.07, 6.45) is 3.45. The zero-order valence-corrected chi connectivity index (χ0v) is 11.8. The first kappa shape index (κ1) is 13.2. The molecule has 1 aliphatic heterocycles. The predicted octanol–water partition coefficient (Wildman–Crippen LogP) is 0.534. The lowest BCUT2D eigenvalue weighted by atomic mass is 10.3. The van der Waals surface area contributed by atoms with Gasteiger partial charge < -0.3 is 14.5 Å². The van der Waals surface area contributed by atoms with Crippen molar-refractivity contribution in [2.24, 2.45) is 0 Å². The minimum Gasteiger partial charge on any atom is -0.375 e. The summed E-state index contributed by atoms with van der Waals surface area (Å²) in [4.78, 5) is 24.0. The van der Waals surface area contributed by atoms with E-state index in [1.807, 2.05) is 0 Å². The molecule has 0 atom stereocenters. The van der Waals surface area contributed by atoms with Crippen LogP contribution >= 0.6 is 15.9 Å². The minimum atomic E-state index is 0.0360. The Bertz CT molecular complexity index is 404. The maximum Gasteiger partial charge on any atom is 0.248 e. The highest BCUT2D eigenvalue weighted by Gasteiger charge is 2.22. The van der Waals surface area contributed by atoms with Crippen molar-refractivity contribution in [3.05, 3.63) is 16.9 Å². The maximum absolute atomic E-state index is 11.6. The average molecular weight is 315 g/mol. The summed E-state index contributed by atoms with van der Waals surface area (Å²) >= 11 is 3.31. The van der Waals surface area contributed by atoms with Crippen LogP contribution in [0.15, 0.2) is 16.9 Å². The smallest absolute Gasteiger partial charge is 0.248 e. The van der Waals surface area contributed by atoms with Gasteiger partial charge in [0.05, 0.1) is 4.47 Å². The average Bonchev–Trinajstić information content (AvgIpc) is 2.40. The van der Waals surface area contributed by atoms with Crippen LogP contribution in [0, 0.1) is 0 Å². The van der Waals surface area contributed by atoms with Gasteiger partial charge in [-0.15, -0.1) is 0 Å². The van der Waals surface area contributed by atoms with Gasteiger partial charge in [0.15, 0.2) is 0 Å². The second-order valence-corrected chi connectivity index (χ2v) is 4.92. The van der Waals surface area contributed by atoms with Gasteiger partial charge in [0.1, 0.15) is 6.61 Å². The Morgan fingerprint density at radius 3 is 2.50 bits per heavy atom. The fraction of sp³-hybridized carbons (Fsp3) is 0.545. The number of anilines is 1. The van der Waals surface area contributed by atoms with Crippen LogP contribution in [0.1, 0.15) is 0 Å². The number of carbonyl (C=O) groups is 1. The van der Waals surface area contributed by atoms with E-state index < -0.39 is 0 Å². The van der Waals surface area contributed by atoms with Crippen molar-refractivity contribution in [2.75, 3.05) is 44.8 Å². The van der Waals surface area contributed by atoms with Gasteiger partial charge in [-0.2, -0.15) is 0 Å². The second kappa shape index (κ2) is 6.10. The topological polar surface area (TPSA) is 58.6 Å². The molecule has 1 saturated heterocycles. The first-order valence-electron chi connectivity index (χ1n) is 5.70. The Morgan fingerprint density at radius 2 is 1.94 bits per heavy atom. The van der Waals surface area contributed by atoms with Crippen LogP contribution in [0.2, 0.25) is 0 Å². The molecule has 0 bridgehead atoms. The number of methoxy groups -OCH3 is 1. The number of aromatic nitrogens is 2. The van der Waals surface area contributed by atoms with Crippen LogP contribution in [-0.2, 0) is 9.53 Å². The quantitative estimate of drug-likeness (QED) is 0.814. The van der Waals surface area contributed by atoms with Crippen LogP contribution in [-0.4, -0.2) is 60.7 Å². The molecular weight excluding hydrogens is 300 g/mol. The van der Waals surface area contributed by atoms with E-state index in [9.17, 15) is 4.79 Å². The maximum atomic E-state index is 11.6. The molecule has 0 aliphatic carbocycles. The Morgan fingerprint density at radius 1 is 1.33 bits per heavy atom. The molecule has 0 saturated carbocycles.